The van der Waals surface area contributed by atoms with Crippen LogP contribution in [0.2, 0.25) is 0 Å². The lowest BCUT2D eigenvalue weighted by atomic mass is 10.2. The summed E-state index contributed by atoms with van der Waals surface area (Å²) in [7, 11) is 0. The Balaban J connectivity index is 1.94. The van der Waals surface area contributed by atoms with E-state index in [0.29, 0.717) is 6.04 Å². The predicted octanol–water partition coefficient (Wildman–Crippen LogP) is 4.07. The van der Waals surface area contributed by atoms with Gasteiger partial charge in [-0.3, -0.25) is 0 Å². The number of hydrogen-bond donors (Lipinski definition) is 1. The minimum Gasteiger partial charge on any atom is -0.313 e. The van der Waals surface area contributed by atoms with Gasteiger partial charge in [0.15, 0.2) is 0 Å². The van der Waals surface area contributed by atoms with Crippen LogP contribution in [0.25, 0.3) is 0 Å². The molecule has 2 rings (SSSR count). The number of nitrogens with zero attached hydrogens (tertiary/aromatic N) is 1. The molecule has 0 radical (unpaired) electrons. The SMILES string of the molecule is CCNC(CSc1ccccc1C)Cc1nc(C)cs1. The van der Waals surface area contributed by atoms with E-state index in [1.54, 1.807) is 11.3 Å². The van der Waals surface area contributed by atoms with Crippen molar-refractivity contribution in [2.45, 2.75) is 38.1 Å². The Morgan fingerprint density at radius 3 is 2.75 bits per heavy atom. The van der Waals surface area contributed by atoms with Gasteiger partial charge in [-0.15, -0.1) is 23.1 Å². The predicted molar refractivity (Wildman–Crippen MR) is 89.9 cm³/mol. The van der Waals surface area contributed by atoms with Gasteiger partial charge in [0, 0.05) is 34.2 Å². The fourth-order valence-corrected chi connectivity index (χ4v) is 4.04. The van der Waals surface area contributed by atoms with Crippen LogP contribution in [0.3, 0.4) is 0 Å². The lowest BCUT2D eigenvalue weighted by Gasteiger charge is -2.17. The molecule has 2 aromatic rings. The largest absolute Gasteiger partial charge is 0.313 e. The van der Waals surface area contributed by atoms with E-state index in [0.717, 1.165) is 24.4 Å². The molecule has 0 saturated carbocycles. The lowest BCUT2D eigenvalue weighted by Crippen LogP contribution is -2.33. The van der Waals surface area contributed by atoms with Crippen molar-refractivity contribution in [1.29, 1.82) is 0 Å². The number of rotatable bonds is 7. The Kier molecular flexibility index (Phi) is 6.07. The molecule has 0 amide bonds. The van der Waals surface area contributed by atoms with Crippen LogP contribution in [0, 0.1) is 13.8 Å². The molecule has 1 atom stereocenters. The molecule has 0 aliphatic carbocycles. The van der Waals surface area contributed by atoms with Gasteiger partial charge in [-0.25, -0.2) is 4.98 Å². The standard InChI is InChI=1S/C16H22N2S2/c1-4-17-14(9-16-18-13(3)10-20-16)11-19-15-8-6-5-7-12(15)2/h5-8,10,14,17H,4,9,11H2,1-3H3. The monoisotopic (exact) mass is 306 g/mol. The fourth-order valence-electron chi connectivity index (χ4n) is 2.09. The molecule has 0 saturated heterocycles. The molecular weight excluding hydrogens is 284 g/mol. The molecule has 0 fully saturated rings. The molecule has 108 valence electrons. The molecule has 0 aliphatic rings. The molecular formula is C16H22N2S2. The number of hydrogen-bond acceptors (Lipinski definition) is 4. The van der Waals surface area contributed by atoms with Gasteiger partial charge >= 0.3 is 0 Å². The number of likely N-dealkylation sites (N-methyl/N-ethyl adjacent to an activating group) is 1. The first-order valence-corrected chi connectivity index (χ1v) is 8.88. The van der Waals surface area contributed by atoms with Gasteiger partial charge in [0.05, 0.1) is 5.01 Å². The highest BCUT2D eigenvalue weighted by molar-refractivity contribution is 7.99. The van der Waals surface area contributed by atoms with Crippen molar-refractivity contribution in [1.82, 2.24) is 10.3 Å². The van der Waals surface area contributed by atoms with Gasteiger partial charge in [-0.2, -0.15) is 0 Å². The average Bonchev–Trinajstić information content (AvgIpc) is 2.83. The molecule has 4 heteroatoms. The first-order chi connectivity index (χ1) is 9.69. The highest BCUT2D eigenvalue weighted by Crippen LogP contribution is 2.23. The molecule has 0 bridgehead atoms. The third-order valence-corrected chi connectivity index (χ3v) is 5.44. The van der Waals surface area contributed by atoms with Gasteiger partial charge in [0.25, 0.3) is 0 Å². The van der Waals surface area contributed by atoms with Crippen LogP contribution in [0.4, 0.5) is 0 Å². The van der Waals surface area contributed by atoms with Crippen molar-refractivity contribution in [2.75, 3.05) is 12.3 Å². The number of aromatic nitrogens is 1. The lowest BCUT2D eigenvalue weighted by molar-refractivity contribution is 0.571. The minimum absolute atomic E-state index is 0.482. The van der Waals surface area contributed by atoms with Crippen LogP contribution in [0.15, 0.2) is 34.5 Å². The van der Waals surface area contributed by atoms with E-state index in [1.165, 1.54) is 15.5 Å². The van der Waals surface area contributed by atoms with Gasteiger partial charge in [-0.05, 0) is 32.0 Å². The zero-order valence-corrected chi connectivity index (χ0v) is 14.0. The van der Waals surface area contributed by atoms with Gasteiger partial charge in [-0.1, -0.05) is 25.1 Å². The third-order valence-electron chi connectivity index (χ3n) is 3.11. The van der Waals surface area contributed by atoms with Crippen molar-refractivity contribution in [3.8, 4) is 0 Å². The molecule has 1 heterocycles. The molecule has 1 unspecified atom stereocenters. The topological polar surface area (TPSA) is 24.9 Å². The number of thiazole rings is 1. The van der Waals surface area contributed by atoms with Crippen molar-refractivity contribution >= 4 is 23.1 Å². The van der Waals surface area contributed by atoms with Crippen molar-refractivity contribution in [3.63, 3.8) is 0 Å². The molecule has 0 spiro atoms. The summed E-state index contributed by atoms with van der Waals surface area (Å²) in [5.41, 5.74) is 2.49. The second kappa shape index (κ2) is 7.81. The van der Waals surface area contributed by atoms with Crippen LogP contribution >= 0.6 is 23.1 Å². The van der Waals surface area contributed by atoms with Gasteiger partial charge < -0.3 is 5.32 Å². The first-order valence-electron chi connectivity index (χ1n) is 7.02. The summed E-state index contributed by atoms with van der Waals surface area (Å²) in [4.78, 5) is 5.95. The fraction of sp³-hybridized carbons (Fsp3) is 0.438. The first kappa shape index (κ1) is 15.5. The van der Waals surface area contributed by atoms with E-state index in [1.807, 2.05) is 11.8 Å². The highest BCUT2D eigenvalue weighted by atomic mass is 32.2. The Hall–Kier alpha value is -0.840. The molecule has 1 N–H and O–H groups in total. The van der Waals surface area contributed by atoms with Crippen LogP contribution in [-0.4, -0.2) is 23.3 Å². The molecule has 2 nitrogen and oxygen atoms in total. The van der Waals surface area contributed by atoms with Crippen molar-refractivity contribution in [3.05, 3.63) is 45.9 Å². The molecule has 1 aromatic heterocycles. The minimum atomic E-state index is 0.482. The molecule has 20 heavy (non-hydrogen) atoms. The number of nitrogens with one attached hydrogen (secondary N) is 1. The Labute approximate surface area is 130 Å². The van der Waals surface area contributed by atoms with Crippen LogP contribution in [-0.2, 0) is 6.42 Å². The summed E-state index contributed by atoms with van der Waals surface area (Å²) in [5, 5.41) is 6.94. The summed E-state index contributed by atoms with van der Waals surface area (Å²) in [6.07, 6.45) is 1.02. The Morgan fingerprint density at radius 1 is 1.30 bits per heavy atom. The smallest absolute Gasteiger partial charge is 0.0943 e. The summed E-state index contributed by atoms with van der Waals surface area (Å²) in [5.74, 6) is 1.08. The van der Waals surface area contributed by atoms with E-state index >= 15 is 0 Å². The van der Waals surface area contributed by atoms with Crippen molar-refractivity contribution < 1.29 is 0 Å². The molecule has 1 aromatic carbocycles. The highest BCUT2D eigenvalue weighted by Gasteiger charge is 2.12. The number of aryl methyl sites for hydroxylation is 2. The summed E-state index contributed by atoms with van der Waals surface area (Å²) in [6.45, 7) is 7.40. The van der Waals surface area contributed by atoms with E-state index in [-0.39, 0.29) is 0 Å². The summed E-state index contributed by atoms with van der Waals surface area (Å²) in [6, 6.07) is 9.07. The zero-order chi connectivity index (χ0) is 14.4. The quantitative estimate of drug-likeness (QED) is 0.780. The maximum absolute atomic E-state index is 4.57. The van der Waals surface area contributed by atoms with E-state index < -0.39 is 0 Å². The van der Waals surface area contributed by atoms with Gasteiger partial charge in [0.1, 0.15) is 0 Å². The zero-order valence-electron chi connectivity index (χ0n) is 12.3. The average molecular weight is 306 g/mol. The maximum atomic E-state index is 4.57. The maximum Gasteiger partial charge on any atom is 0.0943 e. The third kappa shape index (κ3) is 4.62. The normalized spacial score (nSPS) is 12.6. The number of benzene rings is 1. The van der Waals surface area contributed by atoms with Gasteiger partial charge in [0.2, 0.25) is 0 Å². The van der Waals surface area contributed by atoms with Crippen LogP contribution in [0.1, 0.15) is 23.2 Å². The van der Waals surface area contributed by atoms with Crippen molar-refractivity contribution in [2.24, 2.45) is 0 Å². The van der Waals surface area contributed by atoms with E-state index in [9.17, 15) is 0 Å². The van der Waals surface area contributed by atoms with E-state index in [2.05, 4.69) is 60.7 Å². The van der Waals surface area contributed by atoms with E-state index in [4.69, 9.17) is 0 Å². The van der Waals surface area contributed by atoms with Crippen LogP contribution in [0.5, 0.6) is 0 Å². The number of thioether (sulfide) groups is 1. The van der Waals surface area contributed by atoms with Crippen LogP contribution < -0.4 is 5.32 Å². The summed E-state index contributed by atoms with van der Waals surface area (Å²) >= 11 is 3.70. The second-order valence-corrected chi connectivity index (χ2v) is 6.92. The molecule has 0 aliphatic heterocycles. The Bertz CT molecular complexity index is 537. The second-order valence-electron chi connectivity index (χ2n) is 4.92. The Morgan fingerprint density at radius 2 is 2.10 bits per heavy atom. The summed E-state index contributed by atoms with van der Waals surface area (Å²) < 4.78 is 0.